The van der Waals surface area contributed by atoms with Crippen molar-refractivity contribution in [2.24, 2.45) is 16.7 Å². The monoisotopic (exact) mass is 336 g/mol. The van der Waals surface area contributed by atoms with Crippen LogP contribution in [0.2, 0.25) is 0 Å². The lowest BCUT2D eigenvalue weighted by Crippen LogP contribution is -2.56. The van der Waals surface area contributed by atoms with Gasteiger partial charge in [0.15, 0.2) is 0 Å². The second-order valence-corrected chi connectivity index (χ2v) is 8.77. The van der Waals surface area contributed by atoms with Crippen molar-refractivity contribution in [3.63, 3.8) is 0 Å². The quantitative estimate of drug-likeness (QED) is 0.836. The van der Waals surface area contributed by atoms with Gasteiger partial charge in [-0.05, 0) is 44.4 Å². The van der Waals surface area contributed by atoms with Crippen LogP contribution in [0.5, 0.6) is 0 Å². The fourth-order valence-corrected chi connectivity index (χ4v) is 4.36. The molecule has 0 aromatic heterocycles. The minimum atomic E-state index is -0.472. The van der Waals surface area contributed by atoms with Crippen LogP contribution in [0.25, 0.3) is 0 Å². The van der Waals surface area contributed by atoms with E-state index in [2.05, 4.69) is 13.8 Å². The number of amides is 2. The number of hydrogen-bond acceptors (Lipinski definition) is 3. The molecule has 136 valence electrons. The third kappa shape index (κ3) is 3.46. The van der Waals surface area contributed by atoms with Gasteiger partial charge in [-0.2, -0.15) is 0 Å². The Morgan fingerprint density at radius 2 is 1.96 bits per heavy atom. The topological polar surface area (TPSA) is 60.9 Å². The number of rotatable bonds is 5. The number of likely N-dealkylation sites (tertiary alicyclic amines) is 2. The zero-order valence-electron chi connectivity index (χ0n) is 15.2. The molecule has 2 saturated heterocycles. The molecule has 5 nitrogen and oxygen atoms in total. The van der Waals surface area contributed by atoms with Gasteiger partial charge in [0.05, 0.1) is 12.0 Å². The summed E-state index contributed by atoms with van der Waals surface area (Å²) >= 11 is 0. The zero-order valence-corrected chi connectivity index (χ0v) is 15.2. The van der Waals surface area contributed by atoms with Gasteiger partial charge in [0.1, 0.15) is 0 Å². The van der Waals surface area contributed by atoms with Crippen LogP contribution >= 0.6 is 0 Å². The smallest absolute Gasteiger partial charge is 0.231 e. The fraction of sp³-hybridized carbons (Fsp3) is 0.895. The molecular weight excluding hydrogens is 304 g/mol. The Morgan fingerprint density at radius 3 is 2.58 bits per heavy atom. The van der Waals surface area contributed by atoms with Crippen molar-refractivity contribution < 1.29 is 14.7 Å². The maximum Gasteiger partial charge on any atom is 0.231 e. The predicted octanol–water partition coefficient (Wildman–Crippen LogP) is 2.04. The summed E-state index contributed by atoms with van der Waals surface area (Å²) in [4.78, 5) is 29.1. The molecular formula is C19H32N2O3. The van der Waals surface area contributed by atoms with E-state index in [0.717, 1.165) is 64.7 Å². The number of nitrogens with zero attached hydrogens (tertiary/aromatic N) is 2. The third-order valence-electron chi connectivity index (χ3n) is 6.28. The van der Waals surface area contributed by atoms with Crippen LogP contribution in [-0.2, 0) is 9.59 Å². The van der Waals surface area contributed by atoms with Crippen LogP contribution in [0.4, 0.5) is 0 Å². The first-order chi connectivity index (χ1) is 11.4. The highest BCUT2D eigenvalue weighted by molar-refractivity contribution is 5.85. The molecule has 1 spiro atoms. The number of carbonyl (C=O) groups is 2. The summed E-state index contributed by atoms with van der Waals surface area (Å²) in [6, 6.07) is 0. The van der Waals surface area contributed by atoms with Gasteiger partial charge >= 0.3 is 0 Å². The average molecular weight is 336 g/mol. The van der Waals surface area contributed by atoms with Crippen molar-refractivity contribution in [1.29, 1.82) is 0 Å². The lowest BCUT2D eigenvalue weighted by atomic mass is 9.73. The van der Waals surface area contributed by atoms with E-state index in [4.69, 9.17) is 0 Å². The molecule has 1 aliphatic carbocycles. The van der Waals surface area contributed by atoms with E-state index in [1.165, 1.54) is 0 Å². The standard InChI is InChI=1S/C19H32N2O3/c1-15(2)5-11-20-12-18(7-4-16(20)23)6-3-10-21(13-18)17(24)19(14-22)8-9-19/h15,22H,3-14H2,1-2H3/t18-/m1/s1. The highest BCUT2D eigenvalue weighted by atomic mass is 16.3. The Hall–Kier alpha value is -1.10. The molecule has 2 amide bonds. The Morgan fingerprint density at radius 1 is 1.21 bits per heavy atom. The van der Waals surface area contributed by atoms with E-state index in [9.17, 15) is 14.7 Å². The van der Waals surface area contributed by atoms with Crippen LogP contribution in [0.15, 0.2) is 0 Å². The molecule has 3 fully saturated rings. The van der Waals surface area contributed by atoms with Gasteiger partial charge in [-0.15, -0.1) is 0 Å². The van der Waals surface area contributed by atoms with Gasteiger partial charge in [0, 0.05) is 38.0 Å². The number of aliphatic hydroxyl groups is 1. The maximum atomic E-state index is 12.8. The summed E-state index contributed by atoms with van der Waals surface area (Å²) in [6.07, 6.45) is 6.33. The molecule has 0 bridgehead atoms. The number of carbonyl (C=O) groups excluding carboxylic acids is 2. The van der Waals surface area contributed by atoms with E-state index in [-0.39, 0.29) is 23.8 Å². The molecule has 0 aromatic rings. The highest BCUT2D eigenvalue weighted by Crippen LogP contribution is 2.48. The Labute approximate surface area is 145 Å². The largest absolute Gasteiger partial charge is 0.395 e. The molecule has 0 unspecified atom stereocenters. The van der Waals surface area contributed by atoms with E-state index >= 15 is 0 Å². The van der Waals surface area contributed by atoms with Crippen LogP contribution in [0.3, 0.4) is 0 Å². The predicted molar refractivity (Wildman–Crippen MR) is 92.3 cm³/mol. The Kier molecular flexibility index (Phi) is 4.92. The summed E-state index contributed by atoms with van der Waals surface area (Å²) in [5.74, 6) is 1.02. The second kappa shape index (κ2) is 6.66. The summed E-state index contributed by atoms with van der Waals surface area (Å²) in [7, 11) is 0. The second-order valence-electron chi connectivity index (χ2n) is 8.77. The third-order valence-corrected chi connectivity index (χ3v) is 6.28. The van der Waals surface area contributed by atoms with Gasteiger partial charge in [-0.3, -0.25) is 9.59 Å². The van der Waals surface area contributed by atoms with Crippen molar-refractivity contribution in [2.75, 3.05) is 32.8 Å². The molecule has 0 radical (unpaired) electrons. The lowest BCUT2D eigenvalue weighted by Gasteiger charge is -2.49. The first-order valence-corrected chi connectivity index (χ1v) is 9.58. The Balaban J connectivity index is 1.66. The molecule has 0 aromatic carbocycles. The van der Waals surface area contributed by atoms with Crippen LogP contribution in [0.1, 0.15) is 58.8 Å². The van der Waals surface area contributed by atoms with Gasteiger partial charge in [0.25, 0.3) is 0 Å². The first kappa shape index (κ1) is 17.7. The summed E-state index contributed by atoms with van der Waals surface area (Å²) in [5, 5.41) is 9.56. The number of aliphatic hydroxyl groups excluding tert-OH is 1. The molecule has 1 atom stereocenters. The summed E-state index contributed by atoms with van der Waals surface area (Å²) in [5.41, 5.74) is -0.398. The van der Waals surface area contributed by atoms with Crippen LogP contribution in [-0.4, -0.2) is 59.5 Å². The fourth-order valence-electron chi connectivity index (χ4n) is 4.36. The molecule has 1 saturated carbocycles. The van der Waals surface area contributed by atoms with Gasteiger partial charge in [0.2, 0.25) is 11.8 Å². The summed E-state index contributed by atoms with van der Waals surface area (Å²) in [6.45, 7) is 7.57. The van der Waals surface area contributed by atoms with Gasteiger partial charge < -0.3 is 14.9 Å². The number of hydrogen-bond donors (Lipinski definition) is 1. The van der Waals surface area contributed by atoms with E-state index in [1.807, 2.05) is 9.80 Å². The highest BCUT2D eigenvalue weighted by Gasteiger charge is 2.53. The van der Waals surface area contributed by atoms with Crippen molar-refractivity contribution in [2.45, 2.75) is 58.8 Å². The van der Waals surface area contributed by atoms with E-state index < -0.39 is 5.41 Å². The van der Waals surface area contributed by atoms with Gasteiger partial charge in [-0.1, -0.05) is 13.8 Å². The maximum absolute atomic E-state index is 12.8. The molecule has 3 rings (SSSR count). The average Bonchev–Trinajstić information content (AvgIpc) is 3.36. The molecule has 3 aliphatic rings. The molecule has 1 N–H and O–H groups in total. The molecule has 5 heteroatoms. The van der Waals surface area contributed by atoms with Crippen LogP contribution in [0, 0.1) is 16.7 Å². The molecule has 2 heterocycles. The van der Waals surface area contributed by atoms with Gasteiger partial charge in [-0.25, -0.2) is 0 Å². The minimum Gasteiger partial charge on any atom is -0.395 e. The van der Waals surface area contributed by atoms with Crippen molar-refractivity contribution in [3.8, 4) is 0 Å². The SMILES string of the molecule is CC(C)CCN1C[C@@]2(CCCN(C(=O)C3(CO)CC3)C2)CCC1=O. The van der Waals surface area contributed by atoms with Crippen molar-refractivity contribution in [1.82, 2.24) is 9.80 Å². The van der Waals surface area contributed by atoms with Crippen LogP contribution < -0.4 is 0 Å². The minimum absolute atomic E-state index is 0.0195. The van der Waals surface area contributed by atoms with E-state index in [1.54, 1.807) is 0 Å². The zero-order chi connectivity index (χ0) is 17.4. The van der Waals surface area contributed by atoms with Crippen molar-refractivity contribution in [3.05, 3.63) is 0 Å². The Bertz CT molecular complexity index is 501. The number of piperidine rings is 2. The first-order valence-electron chi connectivity index (χ1n) is 9.58. The van der Waals surface area contributed by atoms with Crippen molar-refractivity contribution >= 4 is 11.8 Å². The summed E-state index contributed by atoms with van der Waals surface area (Å²) < 4.78 is 0. The normalized spacial score (nSPS) is 29.4. The lowest BCUT2D eigenvalue weighted by molar-refractivity contribution is -0.147. The van der Waals surface area contributed by atoms with E-state index in [0.29, 0.717) is 12.3 Å². The molecule has 24 heavy (non-hydrogen) atoms. The molecule has 2 aliphatic heterocycles.